The Morgan fingerprint density at radius 2 is 2.27 bits per heavy atom. The number of carbonyl (C=O) groups excluding carboxylic acids is 1. The maximum atomic E-state index is 12.2. The minimum atomic E-state index is -0.307. The molecule has 2 rings (SSSR count). The number of amides is 1. The number of hydrogen-bond acceptors (Lipinski definition) is 5. The molecular weight excluding hydrogens is 284 g/mol. The first kappa shape index (κ1) is 16.6. The minimum absolute atomic E-state index is 0.0555. The highest BCUT2D eigenvalue weighted by Crippen LogP contribution is 2.27. The van der Waals surface area contributed by atoms with Gasteiger partial charge in [-0.25, -0.2) is 0 Å². The lowest BCUT2D eigenvalue weighted by Crippen LogP contribution is -2.55. The summed E-state index contributed by atoms with van der Waals surface area (Å²) in [6.45, 7) is 6.18. The number of nitrogens with one attached hydrogen (secondary N) is 2. The third kappa shape index (κ3) is 4.11. The molecule has 1 heterocycles. The van der Waals surface area contributed by atoms with Crippen LogP contribution < -0.4 is 20.1 Å². The summed E-state index contributed by atoms with van der Waals surface area (Å²) < 4.78 is 16.3. The zero-order valence-corrected chi connectivity index (χ0v) is 13.3. The van der Waals surface area contributed by atoms with Crippen LogP contribution in [0.5, 0.6) is 11.5 Å². The van der Waals surface area contributed by atoms with Crippen molar-refractivity contribution in [2.24, 2.45) is 0 Å². The van der Waals surface area contributed by atoms with Crippen LogP contribution in [-0.4, -0.2) is 44.9 Å². The van der Waals surface area contributed by atoms with Gasteiger partial charge in [-0.2, -0.15) is 0 Å². The van der Waals surface area contributed by atoms with Gasteiger partial charge < -0.3 is 24.8 Å². The number of methoxy groups -OCH3 is 1. The summed E-state index contributed by atoms with van der Waals surface area (Å²) >= 11 is 0. The van der Waals surface area contributed by atoms with E-state index in [9.17, 15) is 4.79 Å². The van der Waals surface area contributed by atoms with Gasteiger partial charge in [-0.05, 0) is 31.5 Å². The van der Waals surface area contributed by atoms with Gasteiger partial charge >= 0.3 is 0 Å². The Balaban J connectivity index is 1.94. The lowest BCUT2D eigenvalue weighted by atomic mass is 10.1. The molecule has 0 aromatic heterocycles. The zero-order valence-electron chi connectivity index (χ0n) is 13.3. The fraction of sp³-hybridized carbons (Fsp3) is 0.562. The van der Waals surface area contributed by atoms with Crippen LogP contribution in [-0.2, 0) is 16.1 Å². The molecule has 0 bridgehead atoms. The SMILES string of the molecule is CCOc1ccc(CNC(=O)[C@H]2NCCO[C@@H]2C)cc1OC. The molecule has 1 aromatic rings. The zero-order chi connectivity index (χ0) is 15.9. The van der Waals surface area contributed by atoms with Gasteiger partial charge in [0.1, 0.15) is 6.04 Å². The third-order valence-electron chi connectivity index (χ3n) is 3.59. The lowest BCUT2D eigenvalue weighted by molar-refractivity contribution is -0.129. The molecule has 1 aromatic carbocycles. The van der Waals surface area contributed by atoms with Gasteiger partial charge in [0.05, 0.1) is 26.4 Å². The molecule has 2 N–H and O–H groups in total. The molecule has 1 saturated heterocycles. The summed E-state index contributed by atoms with van der Waals surface area (Å²) in [5, 5.41) is 6.10. The highest BCUT2D eigenvalue weighted by molar-refractivity contribution is 5.82. The average molecular weight is 308 g/mol. The van der Waals surface area contributed by atoms with E-state index in [-0.39, 0.29) is 18.1 Å². The summed E-state index contributed by atoms with van der Waals surface area (Å²) in [7, 11) is 1.60. The maximum Gasteiger partial charge on any atom is 0.240 e. The van der Waals surface area contributed by atoms with Gasteiger partial charge in [0.25, 0.3) is 0 Å². The summed E-state index contributed by atoms with van der Waals surface area (Å²) in [5.74, 6) is 1.32. The van der Waals surface area contributed by atoms with E-state index in [4.69, 9.17) is 14.2 Å². The van der Waals surface area contributed by atoms with Crippen molar-refractivity contribution in [3.63, 3.8) is 0 Å². The normalized spacial score (nSPS) is 21.2. The van der Waals surface area contributed by atoms with Crippen LogP contribution in [0.1, 0.15) is 19.4 Å². The summed E-state index contributed by atoms with van der Waals surface area (Å²) in [5.41, 5.74) is 0.957. The maximum absolute atomic E-state index is 12.2. The van der Waals surface area contributed by atoms with Crippen LogP contribution in [0.2, 0.25) is 0 Å². The van der Waals surface area contributed by atoms with Crippen LogP contribution in [0.25, 0.3) is 0 Å². The molecule has 0 saturated carbocycles. The number of ether oxygens (including phenoxy) is 3. The number of rotatable bonds is 6. The van der Waals surface area contributed by atoms with Crippen LogP contribution >= 0.6 is 0 Å². The van der Waals surface area contributed by atoms with E-state index in [0.29, 0.717) is 37.8 Å². The van der Waals surface area contributed by atoms with Crippen LogP contribution in [0.4, 0.5) is 0 Å². The fourth-order valence-electron chi connectivity index (χ4n) is 2.42. The topological polar surface area (TPSA) is 68.8 Å². The van der Waals surface area contributed by atoms with Crippen LogP contribution in [0.3, 0.4) is 0 Å². The predicted molar refractivity (Wildman–Crippen MR) is 83.2 cm³/mol. The standard InChI is InChI=1S/C16H24N2O4/c1-4-21-13-6-5-12(9-14(13)20-3)10-18-16(19)15-11(2)22-8-7-17-15/h5-6,9,11,15,17H,4,7-8,10H2,1-3H3,(H,18,19)/t11-,15+/m1/s1. The smallest absolute Gasteiger partial charge is 0.240 e. The van der Waals surface area contributed by atoms with Crippen molar-refractivity contribution in [2.75, 3.05) is 26.9 Å². The molecule has 0 radical (unpaired) electrons. The number of morpholine rings is 1. The van der Waals surface area contributed by atoms with Gasteiger partial charge in [-0.15, -0.1) is 0 Å². The summed E-state index contributed by atoms with van der Waals surface area (Å²) in [4.78, 5) is 12.2. The van der Waals surface area contributed by atoms with Crippen molar-refractivity contribution in [2.45, 2.75) is 32.5 Å². The first-order chi connectivity index (χ1) is 10.7. The molecule has 6 heteroatoms. The molecule has 0 spiro atoms. The molecule has 1 fully saturated rings. The molecule has 0 aliphatic carbocycles. The average Bonchev–Trinajstić information content (AvgIpc) is 2.54. The Morgan fingerprint density at radius 3 is 2.95 bits per heavy atom. The highest BCUT2D eigenvalue weighted by Gasteiger charge is 2.27. The van der Waals surface area contributed by atoms with E-state index in [2.05, 4.69) is 10.6 Å². The van der Waals surface area contributed by atoms with Crippen LogP contribution in [0.15, 0.2) is 18.2 Å². The molecule has 122 valence electrons. The summed E-state index contributed by atoms with van der Waals surface area (Å²) in [6, 6.07) is 5.34. The summed E-state index contributed by atoms with van der Waals surface area (Å²) in [6.07, 6.45) is -0.122. The Morgan fingerprint density at radius 1 is 1.45 bits per heavy atom. The minimum Gasteiger partial charge on any atom is -0.493 e. The second kappa shape index (κ2) is 8.00. The first-order valence-corrected chi connectivity index (χ1v) is 7.58. The second-order valence-electron chi connectivity index (χ2n) is 5.14. The monoisotopic (exact) mass is 308 g/mol. The molecule has 1 aliphatic heterocycles. The van der Waals surface area contributed by atoms with Gasteiger partial charge in [0.2, 0.25) is 5.91 Å². The van der Waals surface area contributed by atoms with Crippen molar-refractivity contribution in [3.05, 3.63) is 23.8 Å². The molecule has 0 unspecified atom stereocenters. The molecule has 1 amide bonds. The number of hydrogen-bond donors (Lipinski definition) is 2. The second-order valence-corrected chi connectivity index (χ2v) is 5.14. The number of carbonyl (C=O) groups is 1. The fourth-order valence-corrected chi connectivity index (χ4v) is 2.42. The van der Waals surface area contributed by atoms with Gasteiger partial charge in [0.15, 0.2) is 11.5 Å². The van der Waals surface area contributed by atoms with Crippen molar-refractivity contribution < 1.29 is 19.0 Å². The van der Waals surface area contributed by atoms with Crippen molar-refractivity contribution in [1.82, 2.24) is 10.6 Å². The van der Waals surface area contributed by atoms with E-state index < -0.39 is 0 Å². The lowest BCUT2D eigenvalue weighted by Gasteiger charge is -2.29. The van der Waals surface area contributed by atoms with Crippen molar-refractivity contribution >= 4 is 5.91 Å². The molecule has 2 atom stereocenters. The molecule has 6 nitrogen and oxygen atoms in total. The van der Waals surface area contributed by atoms with Crippen LogP contribution in [0, 0.1) is 0 Å². The van der Waals surface area contributed by atoms with E-state index in [0.717, 1.165) is 5.56 Å². The van der Waals surface area contributed by atoms with Gasteiger partial charge in [-0.3, -0.25) is 4.79 Å². The molecule has 1 aliphatic rings. The van der Waals surface area contributed by atoms with Crippen molar-refractivity contribution in [1.29, 1.82) is 0 Å². The Hall–Kier alpha value is -1.79. The number of benzene rings is 1. The first-order valence-electron chi connectivity index (χ1n) is 7.58. The predicted octanol–water partition coefficient (Wildman–Crippen LogP) is 1.09. The molecular formula is C16H24N2O4. The van der Waals surface area contributed by atoms with E-state index in [1.807, 2.05) is 32.0 Å². The largest absolute Gasteiger partial charge is 0.493 e. The van der Waals surface area contributed by atoms with E-state index in [1.54, 1.807) is 7.11 Å². The van der Waals surface area contributed by atoms with E-state index >= 15 is 0 Å². The Labute approximate surface area is 131 Å². The van der Waals surface area contributed by atoms with E-state index in [1.165, 1.54) is 0 Å². The molecule has 22 heavy (non-hydrogen) atoms. The van der Waals surface area contributed by atoms with Gasteiger partial charge in [0, 0.05) is 13.1 Å². The van der Waals surface area contributed by atoms with Crippen molar-refractivity contribution in [3.8, 4) is 11.5 Å². The van der Waals surface area contributed by atoms with Gasteiger partial charge in [-0.1, -0.05) is 6.07 Å². The Bertz CT molecular complexity index is 507. The highest BCUT2D eigenvalue weighted by atomic mass is 16.5. The third-order valence-corrected chi connectivity index (χ3v) is 3.59. The Kier molecular flexibility index (Phi) is 6.03. The quantitative estimate of drug-likeness (QED) is 0.823.